The minimum Gasteiger partial charge on any atom is -0.102 e. The molecule has 0 bridgehead atoms. The number of rotatable bonds is 2. The van der Waals surface area contributed by atoms with Crippen LogP contribution in [0.25, 0.3) is 0 Å². The van der Waals surface area contributed by atoms with Gasteiger partial charge < -0.3 is 0 Å². The zero-order valence-electron chi connectivity index (χ0n) is 7.09. The van der Waals surface area contributed by atoms with Crippen LogP contribution in [0.5, 0.6) is 0 Å². The van der Waals surface area contributed by atoms with E-state index in [2.05, 4.69) is 38.6 Å². The number of benzene rings is 1. The molecule has 0 heteroatoms. The molecule has 0 fully saturated rings. The molecule has 1 aromatic carbocycles. The summed E-state index contributed by atoms with van der Waals surface area (Å²) in [6, 6.07) is 6.41. The van der Waals surface area contributed by atoms with Crippen LogP contribution in [0.4, 0.5) is 0 Å². The molecule has 11 heavy (non-hydrogen) atoms. The van der Waals surface area contributed by atoms with Gasteiger partial charge in [-0.3, -0.25) is 0 Å². The first-order chi connectivity index (χ1) is 5.24. The van der Waals surface area contributed by atoms with Gasteiger partial charge >= 0.3 is 0 Å². The number of allylic oxidation sites excluding steroid dienone is 1. The lowest BCUT2D eigenvalue weighted by atomic mass is 10.0. The average molecular weight is 145 g/mol. The normalized spacial score (nSPS) is 9.64. The highest BCUT2D eigenvalue weighted by molar-refractivity contribution is 5.37. The molecular weight excluding hydrogens is 132 g/mol. The largest absolute Gasteiger partial charge is 0.102 e. The Morgan fingerprint density at radius 2 is 2.00 bits per heavy atom. The zero-order valence-corrected chi connectivity index (χ0v) is 7.09. The number of aryl methyl sites for hydroxylation is 2. The molecule has 0 nitrogen and oxygen atoms in total. The molecule has 1 rings (SSSR count). The van der Waals surface area contributed by atoms with Crippen molar-refractivity contribution in [2.24, 2.45) is 0 Å². The third-order valence-corrected chi connectivity index (χ3v) is 1.72. The average Bonchev–Trinajstić information content (AvgIpc) is 1.95. The van der Waals surface area contributed by atoms with Crippen molar-refractivity contribution in [2.45, 2.75) is 13.8 Å². The van der Waals surface area contributed by atoms with E-state index in [9.17, 15) is 0 Å². The van der Waals surface area contributed by atoms with Crippen molar-refractivity contribution in [3.63, 3.8) is 0 Å². The molecule has 57 valence electrons. The first-order valence-corrected chi connectivity index (χ1v) is 3.77. The van der Waals surface area contributed by atoms with Crippen molar-refractivity contribution in [2.75, 3.05) is 0 Å². The molecule has 0 saturated heterocycles. The second-order valence-electron chi connectivity index (χ2n) is 2.76. The third kappa shape index (κ3) is 1.94. The van der Waals surface area contributed by atoms with Crippen molar-refractivity contribution in [1.29, 1.82) is 0 Å². The Bertz CT molecular complexity index is 259. The van der Waals surface area contributed by atoms with E-state index in [4.69, 9.17) is 0 Å². The quantitative estimate of drug-likeness (QED) is 0.600. The van der Waals surface area contributed by atoms with E-state index in [1.165, 1.54) is 16.7 Å². The van der Waals surface area contributed by atoms with Gasteiger partial charge in [-0.2, -0.15) is 0 Å². The fourth-order valence-corrected chi connectivity index (χ4v) is 1.14. The van der Waals surface area contributed by atoms with Gasteiger partial charge in [0.1, 0.15) is 0 Å². The van der Waals surface area contributed by atoms with Gasteiger partial charge in [-0.25, -0.2) is 0 Å². The van der Waals surface area contributed by atoms with Gasteiger partial charge in [0.2, 0.25) is 0 Å². The summed E-state index contributed by atoms with van der Waals surface area (Å²) in [7, 11) is 0. The molecule has 0 aliphatic carbocycles. The van der Waals surface area contributed by atoms with E-state index in [0.29, 0.717) is 0 Å². The highest BCUT2D eigenvalue weighted by atomic mass is 14.0. The van der Waals surface area contributed by atoms with Gasteiger partial charge in [0, 0.05) is 6.42 Å². The van der Waals surface area contributed by atoms with E-state index < -0.39 is 0 Å². The molecule has 0 aliphatic heterocycles. The summed E-state index contributed by atoms with van der Waals surface area (Å²) >= 11 is 0. The van der Waals surface area contributed by atoms with Crippen LogP contribution in [0.3, 0.4) is 0 Å². The van der Waals surface area contributed by atoms with E-state index in [1.807, 2.05) is 12.5 Å². The van der Waals surface area contributed by atoms with Crippen molar-refractivity contribution in [1.82, 2.24) is 0 Å². The Morgan fingerprint density at radius 3 is 2.55 bits per heavy atom. The Morgan fingerprint density at radius 1 is 1.27 bits per heavy atom. The number of hydrogen-bond donors (Lipinski definition) is 0. The smallest absolute Gasteiger partial charge is 0.0122 e. The maximum absolute atomic E-state index is 3.66. The van der Waals surface area contributed by atoms with Crippen LogP contribution in [0.1, 0.15) is 16.7 Å². The monoisotopic (exact) mass is 145 g/mol. The SMILES string of the molecule is C=C[CH]c1ccc(C)cc1C. The summed E-state index contributed by atoms with van der Waals surface area (Å²) in [5, 5.41) is 0. The Labute approximate surface area is 68.6 Å². The molecule has 0 aliphatic rings. The van der Waals surface area contributed by atoms with Gasteiger partial charge in [-0.1, -0.05) is 29.8 Å². The predicted octanol–water partition coefficient (Wildman–Crippen LogP) is 3.04. The maximum atomic E-state index is 3.66. The molecule has 0 saturated carbocycles. The maximum Gasteiger partial charge on any atom is 0.0122 e. The van der Waals surface area contributed by atoms with Crippen molar-refractivity contribution in [3.05, 3.63) is 54.0 Å². The second kappa shape index (κ2) is 3.38. The van der Waals surface area contributed by atoms with Crippen LogP contribution in [0, 0.1) is 20.3 Å². The summed E-state index contributed by atoms with van der Waals surface area (Å²) in [6.45, 7) is 7.88. The lowest BCUT2D eigenvalue weighted by molar-refractivity contribution is 1.33. The van der Waals surface area contributed by atoms with E-state index >= 15 is 0 Å². The lowest BCUT2D eigenvalue weighted by Crippen LogP contribution is -1.84. The van der Waals surface area contributed by atoms with E-state index in [1.54, 1.807) is 0 Å². The Hall–Kier alpha value is -1.04. The fraction of sp³-hybridized carbons (Fsp3) is 0.182. The molecule has 0 aromatic heterocycles. The van der Waals surface area contributed by atoms with Crippen molar-refractivity contribution in [3.8, 4) is 0 Å². The zero-order chi connectivity index (χ0) is 8.27. The van der Waals surface area contributed by atoms with Gasteiger partial charge in [0.25, 0.3) is 0 Å². The van der Waals surface area contributed by atoms with Crippen molar-refractivity contribution < 1.29 is 0 Å². The molecule has 0 heterocycles. The van der Waals surface area contributed by atoms with Crippen LogP contribution < -0.4 is 0 Å². The van der Waals surface area contributed by atoms with Gasteiger partial charge in [0.05, 0.1) is 0 Å². The summed E-state index contributed by atoms with van der Waals surface area (Å²) < 4.78 is 0. The van der Waals surface area contributed by atoms with Gasteiger partial charge in [-0.15, -0.1) is 6.58 Å². The van der Waals surface area contributed by atoms with Crippen LogP contribution >= 0.6 is 0 Å². The number of hydrogen-bond acceptors (Lipinski definition) is 0. The fourth-order valence-electron chi connectivity index (χ4n) is 1.14. The summed E-state index contributed by atoms with van der Waals surface area (Å²) in [4.78, 5) is 0. The van der Waals surface area contributed by atoms with Crippen LogP contribution in [0.2, 0.25) is 0 Å². The topological polar surface area (TPSA) is 0 Å². The molecule has 1 radical (unpaired) electrons. The lowest BCUT2D eigenvalue weighted by Gasteiger charge is -2.02. The van der Waals surface area contributed by atoms with E-state index in [-0.39, 0.29) is 0 Å². The molecule has 0 N–H and O–H groups in total. The highest BCUT2D eigenvalue weighted by Crippen LogP contribution is 2.12. The summed E-state index contributed by atoms with van der Waals surface area (Å²) in [6.07, 6.45) is 3.84. The Balaban J connectivity index is 2.98. The van der Waals surface area contributed by atoms with Crippen molar-refractivity contribution >= 4 is 0 Å². The van der Waals surface area contributed by atoms with Gasteiger partial charge in [-0.05, 0) is 25.0 Å². The summed E-state index contributed by atoms with van der Waals surface area (Å²) in [5.74, 6) is 0. The highest BCUT2D eigenvalue weighted by Gasteiger charge is 1.94. The minimum atomic E-state index is 1.26. The van der Waals surface area contributed by atoms with Gasteiger partial charge in [0.15, 0.2) is 0 Å². The summed E-state index contributed by atoms with van der Waals surface area (Å²) in [5.41, 5.74) is 3.87. The standard InChI is InChI=1S/C11H13/c1-4-5-11-7-6-9(2)8-10(11)3/h4-8H,1H2,2-3H3. The Kier molecular flexibility index (Phi) is 2.48. The molecular formula is C11H13. The van der Waals surface area contributed by atoms with Crippen LogP contribution in [-0.4, -0.2) is 0 Å². The first kappa shape index (κ1) is 8.06. The van der Waals surface area contributed by atoms with E-state index in [0.717, 1.165) is 0 Å². The molecule has 0 atom stereocenters. The first-order valence-electron chi connectivity index (χ1n) is 3.77. The predicted molar refractivity (Wildman–Crippen MR) is 49.5 cm³/mol. The molecule has 0 amide bonds. The third-order valence-electron chi connectivity index (χ3n) is 1.72. The molecule has 0 unspecified atom stereocenters. The van der Waals surface area contributed by atoms with Crippen LogP contribution in [-0.2, 0) is 0 Å². The second-order valence-corrected chi connectivity index (χ2v) is 2.76. The molecule has 0 spiro atoms. The molecule has 1 aromatic rings. The minimum absolute atomic E-state index is 1.26. The van der Waals surface area contributed by atoms with Crippen LogP contribution in [0.15, 0.2) is 30.9 Å².